The number of carbonyl (C=O) groups is 1. The molecule has 0 atom stereocenters. The second-order valence-electron chi connectivity index (χ2n) is 5.17. The first-order valence-electron chi connectivity index (χ1n) is 7.10. The van der Waals surface area contributed by atoms with E-state index in [4.69, 9.17) is 0 Å². The third kappa shape index (κ3) is 3.45. The molecule has 2 aromatic carbocycles. The molecule has 0 aliphatic carbocycles. The summed E-state index contributed by atoms with van der Waals surface area (Å²) < 4.78 is 0.966. The number of carbonyl (C=O) groups excluding carboxylic acids is 1. The lowest BCUT2D eigenvalue weighted by molar-refractivity contribution is -0.116. The largest absolute Gasteiger partial charge is 0.370 e. The average Bonchev–Trinajstić information content (AvgIpc) is 2.88. The van der Waals surface area contributed by atoms with Crippen LogP contribution in [-0.2, 0) is 11.2 Å². The Labute approximate surface area is 133 Å². The Balaban J connectivity index is 1.55. The van der Waals surface area contributed by atoms with Gasteiger partial charge in [0.25, 0.3) is 0 Å². The molecule has 21 heavy (non-hydrogen) atoms. The maximum absolute atomic E-state index is 12.0. The zero-order valence-electron chi connectivity index (χ0n) is 11.7. The molecule has 0 spiro atoms. The number of anilines is 2. The standard InChI is InChI=1S/C17H17BrN2O/c18-14-5-3-6-15(12-14)19-17(21)9-11-20-10-8-13-4-1-2-7-16(13)20/h1-7,12H,8-11H2,(H,19,21). The van der Waals surface area contributed by atoms with Crippen LogP contribution in [0.4, 0.5) is 11.4 Å². The minimum Gasteiger partial charge on any atom is -0.370 e. The van der Waals surface area contributed by atoms with Crippen LogP contribution in [0, 0.1) is 0 Å². The maximum Gasteiger partial charge on any atom is 0.226 e. The summed E-state index contributed by atoms with van der Waals surface area (Å²) in [5, 5.41) is 2.94. The minimum atomic E-state index is 0.0532. The molecule has 108 valence electrons. The topological polar surface area (TPSA) is 32.3 Å². The number of amides is 1. The van der Waals surface area contributed by atoms with Gasteiger partial charge in [-0.3, -0.25) is 4.79 Å². The van der Waals surface area contributed by atoms with E-state index in [1.807, 2.05) is 24.3 Å². The fourth-order valence-electron chi connectivity index (χ4n) is 2.67. The predicted octanol–water partition coefficient (Wildman–Crippen LogP) is 3.84. The van der Waals surface area contributed by atoms with Gasteiger partial charge in [0.15, 0.2) is 0 Å². The Bertz CT molecular complexity index is 657. The molecule has 0 aromatic heterocycles. The van der Waals surface area contributed by atoms with Gasteiger partial charge >= 0.3 is 0 Å². The summed E-state index contributed by atoms with van der Waals surface area (Å²) in [6, 6.07) is 16.1. The van der Waals surface area contributed by atoms with Gasteiger partial charge in [0.2, 0.25) is 5.91 Å². The fourth-order valence-corrected chi connectivity index (χ4v) is 3.06. The van der Waals surface area contributed by atoms with Gasteiger partial charge in [0.05, 0.1) is 0 Å². The van der Waals surface area contributed by atoms with Crippen molar-refractivity contribution in [3.8, 4) is 0 Å². The lowest BCUT2D eigenvalue weighted by atomic mass is 10.2. The van der Waals surface area contributed by atoms with Crippen LogP contribution in [-0.4, -0.2) is 19.0 Å². The smallest absolute Gasteiger partial charge is 0.226 e. The first-order valence-corrected chi connectivity index (χ1v) is 7.90. The molecule has 0 saturated carbocycles. The molecule has 1 N–H and O–H groups in total. The summed E-state index contributed by atoms with van der Waals surface area (Å²) in [6.45, 7) is 1.76. The zero-order chi connectivity index (χ0) is 14.7. The summed E-state index contributed by atoms with van der Waals surface area (Å²) in [6.07, 6.45) is 1.57. The van der Waals surface area contributed by atoms with Crippen LogP contribution in [0.1, 0.15) is 12.0 Å². The molecule has 1 heterocycles. The molecule has 2 aromatic rings. The molecular formula is C17H17BrN2O. The van der Waals surface area contributed by atoms with Crippen molar-refractivity contribution >= 4 is 33.2 Å². The number of hydrogen-bond acceptors (Lipinski definition) is 2. The number of nitrogens with one attached hydrogen (secondary N) is 1. The minimum absolute atomic E-state index is 0.0532. The van der Waals surface area contributed by atoms with Crippen LogP contribution >= 0.6 is 15.9 Å². The van der Waals surface area contributed by atoms with E-state index in [9.17, 15) is 4.79 Å². The summed E-state index contributed by atoms with van der Waals surface area (Å²) in [4.78, 5) is 14.3. The van der Waals surface area contributed by atoms with E-state index in [1.165, 1.54) is 11.3 Å². The van der Waals surface area contributed by atoms with Crippen molar-refractivity contribution in [3.05, 3.63) is 58.6 Å². The molecule has 4 heteroatoms. The van der Waals surface area contributed by atoms with Gasteiger partial charge in [-0.1, -0.05) is 40.2 Å². The van der Waals surface area contributed by atoms with E-state index >= 15 is 0 Å². The Hall–Kier alpha value is -1.81. The van der Waals surface area contributed by atoms with Gasteiger partial charge in [-0.25, -0.2) is 0 Å². The fraction of sp³-hybridized carbons (Fsp3) is 0.235. The highest BCUT2D eigenvalue weighted by Crippen LogP contribution is 2.27. The van der Waals surface area contributed by atoms with Gasteiger partial charge in [-0.2, -0.15) is 0 Å². The third-order valence-electron chi connectivity index (χ3n) is 3.70. The highest BCUT2D eigenvalue weighted by atomic mass is 79.9. The second-order valence-corrected chi connectivity index (χ2v) is 6.09. The average molecular weight is 345 g/mol. The van der Waals surface area contributed by atoms with Gasteiger partial charge in [0, 0.05) is 35.4 Å². The van der Waals surface area contributed by atoms with Crippen LogP contribution in [0.25, 0.3) is 0 Å². The van der Waals surface area contributed by atoms with Crippen LogP contribution < -0.4 is 10.2 Å². The molecule has 0 bridgehead atoms. The number of halogens is 1. The molecule has 3 rings (SSSR count). The SMILES string of the molecule is O=C(CCN1CCc2ccccc21)Nc1cccc(Br)c1. The third-order valence-corrected chi connectivity index (χ3v) is 4.19. The van der Waals surface area contributed by atoms with Crippen molar-refractivity contribution in [2.24, 2.45) is 0 Å². The van der Waals surface area contributed by atoms with E-state index in [0.29, 0.717) is 6.42 Å². The van der Waals surface area contributed by atoms with Crippen LogP contribution in [0.15, 0.2) is 53.0 Å². The lowest BCUT2D eigenvalue weighted by Gasteiger charge is -2.19. The number of hydrogen-bond donors (Lipinski definition) is 1. The van der Waals surface area contributed by atoms with Crippen molar-refractivity contribution < 1.29 is 4.79 Å². The summed E-state index contributed by atoms with van der Waals surface area (Å²) in [7, 11) is 0. The Morgan fingerprint density at radius 3 is 2.90 bits per heavy atom. The Morgan fingerprint density at radius 1 is 1.19 bits per heavy atom. The highest BCUT2D eigenvalue weighted by molar-refractivity contribution is 9.10. The Morgan fingerprint density at radius 2 is 2.05 bits per heavy atom. The van der Waals surface area contributed by atoms with Gasteiger partial charge in [0.1, 0.15) is 0 Å². The predicted molar refractivity (Wildman–Crippen MR) is 89.7 cm³/mol. The monoisotopic (exact) mass is 344 g/mol. The van der Waals surface area contributed by atoms with Crippen molar-refractivity contribution in [3.63, 3.8) is 0 Å². The normalized spacial score (nSPS) is 13.1. The van der Waals surface area contributed by atoms with Gasteiger partial charge in [-0.05, 0) is 36.2 Å². The molecule has 0 fully saturated rings. The lowest BCUT2D eigenvalue weighted by Crippen LogP contribution is -2.26. The van der Waals surface area contributed by atoms with Crippen molar-refractivity contribution in [1.29, 1.82) is 0 Å². The number of para-hydroxylation sites is 1. The first-order chi connectivity index (χ1) is 10.2. The summed E-state index contributed by atoms with van der Waals surface area (Å²) in [5.41, 5.74) is 3.48. The molecule has 1 aliphatic heterocycles. The zero-order valence-corrected chi connectivity index (χ0v) is 13.3. The van der Waals surface area contributed by atoms with Crippen molar-refractivity contribution in [2.75, 3.05) is 23.3 Å². The van der Waals surface area contributed by atoms with Crippen molar-refractivity contribution in [2.45, 2.75) is 12.8 Å². The molecular weight excluding hydrogens is 328 g/mol. The number of fused-ring (bicyclic) bond motifs is 1. The quantitative estimate of drug-likeness (QED) is 0.913. The summed E-state index contributed by atoms with van der Waals surface area (Å²) >= 11 is 3.40. The molecule has 1 amide bonds. The number of rotatable bonds is 4. The van der Waals surface area contributed by atoms with Crippen LogP contribution in [0.3, 0.4) is 0 Å². The van der Waals surface area contributed by atoms with E-state index in [0.717, 1.165) is 29.7 Å². The first kappa shape index (κ1) is 14.1. The van der Waals surface area contributed by atoms with Gasteiger partial charge < -0.3 is 10.2 Å². The maximum atomic E-state index is 12.0. The van der Waals surface area contributed by atoms with Gasteiger partial charge in [-0.15, -0.1) is 0 Å². The molecule has 0 unspecified atom stereocenters. The molecule has 3 nitrogen and oxygen atoms in total. The van der Waals surface area contributed by atoms with E-state index in [2.05, 4.69) is 50.4 Å². The van der Waals surface area contributed by atoms with E-state index < -0.39 is 0 Å². The number of benzene rings is 2. The Kier molecular flexibility index (Phi) is 4.25. The van der Waals surface area contributed by atoms with Crippen LogP contribution in [0.2, 0.25) is 0 Å². The molecule has 0 radical (unpaired) electrons. The molecule has 0 saturated heterocycles. The highest BCUT2D eigenvalue weighted by Gasteiger charge is 2.18. The van der Waals surface area contributed by atoms with Crippen LogP contribution in [0.5, 0.6) is 0 Å². The second kappa shape index (κ2) is 6.31. The summed E-state index contributed by atoms with van der Waals surface area (Å²) in [5.74, 6) is 0.0532. The molecule has 1 aliphatic rings. The van der Waals surface area contributed by atoms with E-state index in [-0.39, 0.29) is 5.91 Å². The van der Waals surface area contributed by atoms with E-state index in [1.54, 1.807) is 0 Å². The van der Waals surface area contributed by atoms with Crippen molar-refractivity contribution in [1.82, 2.24) is 0 Å². The number of nitrogens with zero attached hydrogens (tertiary/aromatic N) is 1.